The lowest BCUT2D eigenvalue weighted by Crippen LogP contribution is -2.43. The summed E-state index contributed by atoms with van der Waals surface area (Å²) in [6.07, 6.45) is 0.755. The second-order valence-corrected chi connectivity index (χ2v) is 9.30. The van der Waals surface area contributed by atoms with Gasteiger partial charge in [-0.15, -0.1) is 11.3 Å². The molecule has 1 atom stereocenters. The molecule has 2 aliphatic rings. The van der Waals surface area contributed by atoms with E-state index < -0.39 is 0 Å². The number of nitrogens with one attached hydrogen (secondary N) is 1. The first-order valence-electron chi connectivity index (χ1n) is 10.6. The maximum Gasteiger partial charge on any atom is 0.175 e. The Morgan fingerprint density at radius 3 is 2.97 bits per heavy atom. The van der Waals surface area contributed by atoms with Crippen molar-refractivity contribution in [2.24, 2.45) is 5.92 Å². The number of nitrogen functional groups attached to an aromatic ring is 1. The molecule has 8 heteroatoms. The molecule has 1 saturated heterocycles. The molecule has 3 N–H and O–H groups in total. The Labute approximate surface area is 184 Å². The van der Waals surface area contributed by atoms with Crippen molar-refractivity contribution in [3.8, 4) is 5.75 Å². The number of Topliss-reactive ketones (excluding diaryl/α,β-unsaturated/α-hetero) is 1. The number of anilines is 2. The number of benzene rings is 1. The Balaban J connectivity index is 1.33. The second-order valence-electron chi connectivity index (χ2n) is 8.30. The van der Waals surface area contributed by atoms with Gasteiger partial charge in [0.15, 0.2) is 5.78 Å². The van der Waals surface area contributed by atoms with Gasteiger partial charge in [0.2, 0.25) is 0 Å². The van der Waals surface area contributed by atoms with E-state index in [9.17, 15) is 9.18 Å². The first-order chi connectivity index (χ1) is 15.0. The molecule has 162 valence electrons. The molecule has 2 aromatic heterocycles. The molecule has 0 amide bonds. The highest BCUT2D eigenvalue weighted by Gasteiger charge is 2.28. The highest BCUT2D eigenvalue weighted by molar-refractivity contribution is 7.21. The van der Waals surface area contributed by atoms with Crippen LogP contribution in [0.5, 0.6) is 5.75 Å². The number of aryl methyl sites for hydroxylation is 1. The molecule has 1 fully saturated rings. The van der Waals surface area contributed by atoms with Crippen molar-refractivity contribution >= 4 is 38.7 Å². The summed E-state index contributed by atoms with van der Waals surface area (Å²) in [5.74, 6) is 0.217. The third-order valence-corrected chi connectivity index (χ3v) is 7.21. The van der Waals surface area contributed by atoms with Crippen molar-refractivity contribution in [3.63, 3.8) is 0 Å². The van der Waals surface area contributed by atoms with Crippen molar-refractivity contribution in [1.82, 2.24) is 10.3 Å². The van der Waals surface area contributed by atoms with Crippen LogP contribution in [0.1, 0.15) is 27.3 Å². The minimum atomic E-state index is -0.260. The van der Waals surface area contributed by atoms with Gasteiger partial charge in [-0.05, 0) is 31.5 Å². The Bertz CT molecular complexity index is 1160. The van der Waals surface area contributed by atoms with Crippen LogP contribution in [0, 0.1) is 18.7 Å². The predicted molar refractivity (Wildman–Crippen MR) is 122 cm³/mol. The van der Waals surface area contributed by atoms with Crippen LogP contribution >= 0.6 is 11.3 Å². The molecule has 0 unspecified atom stereocenters. The first kappa shape index (κ1) is 20.2. The summed E-state index contributed by atoms with van der Waals surface area (Å²) in [5, 5.41) is 4.12. The molecular weight excluding hydrogens is 415 g/mol. The van der Waals surface area contributed by atoms with E-state index in [1.165, 1.54) is 11.3 Å². The van der Waals surface area contributed by atoms with E-state index >= 15 is 0 Å². The molecule has 5 rings (SSSR count). The third kappa shape index (κ3) is 3.85. The highest BCUT2D eigenvalue weighted by Crippen LogP contribution is 2.37. The number of carbonyl (C=O) groups is 1. The molecule has 2 aliphatic heterocycles. The van der Waals surface area contributed by atoms with Crippen LogP contribution in [0.25, 0.3) is 10.2 Å². The van der Waals surface area contributed by atoms with Crippen LogP contribution in [0.15, 0.2) is 24.3 Å². The third-order valence-electron chi connectivity index (χ3n) is 6.05. The minimum absolute atomic E-state index is 0.0342. The van der Waals surface area contributed by atoms with Gasteiger partial charge in [-0.25, -0.2) is 9.37 Å². The van der Waals surface area contributed by atoms with Gasteiger partial charge in [0.1, 0.15) is 16.4 Å². The van der Waals surface area contributed by atoms with E-state index in [0.717, 1.165) is 47.8 Å². The molecule has 0 saturated carbocycles. The fourth-order valence-electron chi connectivity index (χ4n) is 4.37. The first-order valence-corrected chi connectivity index (χ1v) is 11.4. The topological polar surface area (TPSA) is 80.5 Å². The summed E-state index contributed by atoms with van der Waals surface area (Å²) >= 11 is 1.33. The Morgan fingerprint density at radius 1 is 1.35 bits per heavy atom. The number of hydrogen-bond donors (Lipinski definition) is 2. The summed E-state index contributed by atoms with van der Waals surface area (Å²) in [6.45, 7) is 5.78. The van der Waals surface area contributed by atoms with E-state index in [0.29, 0.717) is 34.9 Å². The molecule has 3 aromatic rings. The van der Waals surface area contributed by atoms with Crippen LogP contribution in [-0.4, -0.2) is 43.6 Å². The van der Waals surface area contributed by atoms with Crippen LogP contribution in [0.3, 0.4) is 0 Å². The fourth-order valence-corrected chi connectivity index (χ4v) is 5.46. The standard InChI is InChI=1S/C23H25FN4O2S/c1-13-2-3-16-21(25)22(31-23(16)27-13)19(29)9-14-8-17-18(24)10-15(11-20(17)30-12-14)28-6-4-26-5-7-28/h2-3,10-11,14,26H,4-9,12,25H2,1H3/t14-/m1/s1. The number of ether oxygens (including phenoxy) is 1. The summed E-state index contributed by atoms with van der Waals surface area (Å²) in [7, 11) is 0. The Morgan fingerprint density at radius 2 is 2.16 bits per heavy atom. The maximum atomic E-state index is 14.9. The molecule has 0 radical (unpaired) electrons. The van der Waals surface area contributed by atoms with Gasteiger partial charge < -0.3 is 20.7 Å². The van der Waals surface area contributed by atoms with Crippen molar-refractivity contribution in [1.29, 1.82) is 0 Å². The number of rotatable bonds is 4. The Kier molecular flexibility index (Phi) is 5.27. The fraction of sp³-hybridized carbons (Fsp3) is 0.391. The van der Waals surface area contributed by atoms with Gasteiger partial charge in [0.25, 0.3) is 0 Å². The van der Waals surface area contributed by atoms with Crippen molar-refractivity contribution in [2.75, 3.05) is 43.4 Å². The quantitative estimate of drug-likeness (QED) is 0.604. The van der Waals surface area contributed by atoms with Crippen LogP contribution in [-0.2, 0) is 6.42 Å². The highest BCUT2D eigenvalue weighted by atomic mass is 32.1. The largest absolute Gasteiger partial charge is 0.493 e. The van der Waals surface area contributed by atoms with Gasteiger partial charge in [-0.1, -0.05) is 0 Å². The zero-order chi connectivity index (χ0) is 21.5. The number of pyridine rings is 1. The summed E-state index contributed by atoms with van der Waals surface area (Å²) < 4.78 is 20.8. The van der Waals surface area contributed by atoms with Gasteiger partial charge >= 0.3 is 0 Å². The molecule has 4 heterocycles. The van der Waals surface area contributed by atoms with Crippen molar-refractivity contribution in [2.45, 2.75) is 19.8 Å². The SMILES string of the molecule is Cc1ccc2c(N)c(C(=O)C[C@@H]3COc4cc(N5CCNCC5)cc(F)c4C3)sc2n1. The number of carbonyl (C=O) groups excluding carboxylic acids is 1. The molecular formula is C23H25FN4O2S. The number of ketones is 1. The number of piperazine rings is 1. The lowest BCUT2D eigenvalue weighted by molar-refractivity contribution is 0.0938. The second kappa shape index (κ2) is 8.09. The maximum absolute atomic E-state index is 14.9. The number of aromatic nitrogens is 1. The van der Waals surface area contributed by atoms with E-state index in [4.69, 9.17) is 10.5 Å². The molecule has 31 heavy (non-hydrogen) atoms. The molecule has 0 aliphatic carbocycles. The number of thiophene rings is 1. The zero-order valence-corrected chi connectivity index (χ0v) is 18.2. The van der Waals surface area contributed by atoms with Gasteiger partial charge in [0, 0.05) is 66.9 Å². The zero-order valence-electron chi connectivity index (χ0n) is 17.4. The van der Waals surface area contributed by atoms with E-state index in [-0.39, 0.29) is 23.9 Å². The van der Waals surface area contributed by atoms with Gasteiger partial charge in [0.05, 0.1) is 17.2 Å². The van der Waals surface area contributed by atoms with E-state index in [2.05, 4.69) is 15.2 Å². The smallest absolute Gasteiger partial charge is 0.175 e. The monoisotopic (exact) mass is 440 g/mol. The average Bonchev–Trinajstić information content (AvgIpc) is 3.10. The van der Waals surface area contributed by atoms with E-state index in [1.54, 1.807) is 6.07 Å². The van der Waals surface area contributed by atoms with Gasteiger partial charge in [-0.3, -0.25) is 4.79 Å². The average molecular weight is 441 g/mol. The van der Waals surface area contributed by atoms with Crippen LogP contribution in [0.2, 0.25) is 0 Å². The number of hydrogen-bond acceptors (Lipinski definition) is 7. The summed E-state index contributed by atoms with van der Waals surface area (Å²) in [4.78, 5) is 20.9. The van der Waals surface area contributed by atoms with Crippen LogP contribution < -0.4 is 20.7 Å². The van der Waals surface area contributed by atoms with Gasteiger partial charge in [-0.2, -0.15) is 0 Å². The summed E-state index contributed by atoms with van der Waals surface area (Å²) in [6, 6.07) is 7.32. The van der Waals surface area contributed by atoms with Crippen molar-refractivity contribution < 1.29 is 13.9 Å². The number of fused-ring (bicyclic) bond motifs is 2. The van der Waals surface area contributed by atoms with Crippen molar-refractivity contribution in [3.05, 3.63) is 46.2 Å². The summed E-state index contributed by atoms with van der Waals surface area (Å²) in [5.41, 5.74) is 9.02. The molecule has 0 bridgehead atoms. The number of nitrogens with two attached hydrogens (primary N) is 1. The lowest BCUT2D eigenvalue weighted by Gasteiger charge is -2.31. The molecule has 0 spiro atoms. The Hall–Kier alpha value is -2.71. The number of halogens is 1. The van der Waals surface area contributed by atoms with Crippen LogP contribution in [0.4, 0.5) is 15.8 Å². The molecule has 6 nitrogen and oxygen atoms in total. The number of nitrogens with zero attached hydrogens (tertiary/aromatic N) is 2. The lowest BCUT2D eigenvalue weighted by atomic mass is 9.91. The predicted octanol–water partition coefficient (Wildman–Crippen LogP) is 3.56. The molecule has 1 aromatic carbocycles. The normalized spacial score (nSPS) is 18.6. The minimum Gasteiger partial charge on any atom is -0.493 e. The van der Waals surface area contributed by atoms with E-state index in [1.807, 2.05) is 25.1 Å².